The van der Waals surface area contributed by atoms with Gasteiger partial charge in [0.15, 0.2) is 0 Å². The van der Waals surface area contributed by atoms with Gasteiger partial charge in [0.05, 0.1) is 6.54 Å². The second-order valence-electron chi connectivity index (χ2n) is 6.65. The SMILES string of the molecule is CC(=O)O.CC(=O)O.CCN(CCN1CCC(C)CC1)c1nnc(CNC)o1. The van der Waals surface area contributed by atoms with E-state index in [-0.39, 0.29) is 0 Å². The third kappa shape index (κ3) is 13.0. The number of nitrogens with zero attached hydrogens (tertiary/aromatic N) is 4. The Labute approximate surface area is 166 Å². The lowest BCUT2D eigenvalue weighted by atomic mass is 9.99. The molecule has 0 unspecified atom stereocenters. The molecule has 162 valence electrons. The summed E-state index contributed by atoms with van der Waals surface area (Å²) in [5.41, 5.74) is 0. The minimum absolute atomic E-state index is 0.620. The van der Waals surface area contributed by atoms with Gasteiger partial charge in [-0.2, -0.15) is 0 Å². The molecule has 0 aromatic carbocycles. The van der Waals surface area contributed by atoms with Gasteiger partial charge in [-0.3, -0.25) is 9.59 Å². The molecule has 2 rings (SSSR count). The van der Waals surface area contributed by atoms with Gasteiger partial charge in [-0.15, -0.1) is 5.10 Å². The summed E-state index contributed by atoms with van der Waals surface area (Å²) in [5, 5.41) is 26.0. The number of carboxylic acids is 2. The van der Waals surface area contributed by atoms with Gasteiger partial charge in [-0.25, -0.2) is 0 Å². The minimum Gasteiger partial charge on any atom is -0.481 e. The largest absolute Gasteiger partial charge is 0.481 e. The number of nitrogens with one attached hydrogen (secondary N) is 1. The van der Waals surface area contributed by atoms with Crippen LogP contribution in [0.3, 0.4) is 0 Å². The number of aliphatic carboxylic acids is 2. The Hall–Kier alpha value is -2.20. The van der Waals surface area contributed by atoms with Crippen LogP contribution in [-0.4, -0.2) is 77.0 Å². The molecule has 3 N–H and O–H groups in total. The predicted octanol–water partition coefficient (Wildman–Crippen LogP) is 1.53. The van der Waals surface area contributed by atoms with E-state index in [1.165, 1.54) is 25.9 Å². The molecular formula is C18H35N5O5. The highest BCUT2D eigenvalue weighted by Gasteiger charge is 2.18. The Morgan fingerprint density at radius 3 is 2.21 bits per heavy atom. The molecule has 28 heavy (non-hydrogen) atoms. The van der Waals surface area contributed by atoms with Gasteiger partial charge in [0.1, 0.15) is 0 Å². The maximum atomic E-state index is 9.00. The molecule has 0 radical (unpaired) electrons. The van der Waals surface area contributed by atoms with E-state index < -0.39 is 11.9 Å². The highest BCUT2D eigenvalue weighted by Crippen LogP contribution is 2.16. The van der Waals surface area contributed by atoms with Crippen molar-refractivity contribution in [2.45, 2.75) is 47.1 Å². The number of carboxylic acid groups (broad SMARTS) is 2. The van der Waals surface area contributed by atoms with E-state index in [9.17, 15) is 0 Å². The smallest absolute Gasteiger partial charge is 0.318 e. The number of carbonyl (C=O) groups is 2. The number of piperidine rings is 1. The molecule has 0 saturated carbocycles. The number of rotatable bonds is 7. The molecular weight excluding hydrogens is 366 g/mol. The zero-order valence-corrected chi connectivity index (χ0v) is 17.6. The van der Waals surface area contributed by atoms with Crippen LogP contribution in [0.4, 0.5) is 6.01 Å². The van der Waals surface area contributed by atoms with Crippen molar-refractivity contribution >= 4 is 18.0 Å². The average Bonchev–Trinajstić information content (AvgIpc) is 3.05. The van der Waals surface area contributed by atoms with Gasteiger partial charge in [-0.05, 0) is 45.8 Å². The van der Waals surface area contributed by atoms with Crippen molar-refractivity contribution in [3.05, 3.63) is 5.89 Å². The van der Waals surface area contributed by atoms with Gasteiger partial charge in [-0.1, -0.05) is 12.0 Å². The molecule has 10 heteroatoms. The average molecular weight is 402 g/mol. The van der Waals surface area contributed by atoms with Crippen molar-refractivity contribution in [3.63, 3.8) is 0 Å². The quantitative estimate of drug-likeness (QED) is 0.618. The Kier molecular flexibility index (Phi) is 13.6. The van der Waals surface area contributed by atoms with Crippen molar-refractivity contribution in [3.8, 4) is 0 Å². The molecule has 0 spiro atoms. The van der Waals surface area contributed by atoms with Crippen LogP contribution >= 0.6 is 0 Å². The molecule has 1 saturated heterocycles. The van der Waals surface area contributed by atoms with Crippen molar-refractivity contribution in [1.29, 1.82) is 0 Å². The molecule has 1 aromatic rings. The monoisotopic (exact) mass is 401 g/mol. The first-order chi connectivity index (χ1) is 13.2. The number of hydrogen-bond acceptors (Lipinski definition) is 8. The molecule has 1 aromatic heterocycles. The van der Waals surface area contributed by atoms with Crippen LogP contribution in [0.25, 0.3) is 0 Å². The van der Waals surface area contributed by atoms with E-state index in [0.717, 1.165) is 39.4 Å². The second-order valence-corrected chi connectivity index (χ2v) is 6.65. The van der Waals surface area contributed by atoms with E-state index in [1.807, 2.05) is 7.05 Å². The fraction of sp³-hybridized carbons (Fsp3) is 0.778. The van der Waals surface area contributed by atoms with Crippen molar-refractivity contribution in [2.24, 2.45) is 5.92 Å². The maximum absolute atomic E-state index is 9.00. The summed E-state index contributed by atoms with van der Waals surface area (Å²) in [5.74, 6) is -0.138. The van der Waals surface area contributed by atoms with Crippen LogP contribution in [0.1, 0.15) is 46.4 Å². The van der Waals surface area contributed by atoms with Crippen LogP contribution < -0.4 is 10.2 Å². The van der Waals surface area contributed by atoms with E-state index in [4.69, 9.17) is 24.2 Å². The van der Waals surface area contributed by atoms with Crippen molar-refractivity contribution in [2.75, 3.05) is 44.7 Å². The summed E-state index contributed by atoms with van der Waals surface area (Å²) in [4.78, 5) is 22.7. The van der Waals surface area contributed by atoms with Gasteiger partial charge in [0.25, 0.3) is 11.9 Å². The first-order valence-electron chi connectivity index (χ1n) is 9.52. The highest BCUT2D eigenvalue weighted by atomic mass is 16.4. The number of hydrogen-bond donors (Lipinski definition) is 3. The van der Waals surface area contributed by atoms with Gasteiger partial charge >= 0.3 is 6.01 Å². The first kappa shape index (κ1) is 25.8. The van der Waals surface area contributed by atoms with Gasteiger partial charge < -0.3 is 29.7 Å². The van der Waals surface area contributed by atoms with Gasteiger partial charge in [0.2, 0.25) is 5.89 Å². The maximum Gasteiger partial charge on any atom is 0.318 e. The zero-order chi connectivity index (χ0) is 21.5. The summed E-state index contributed by atoms with van der Waals surface area (Å²) < 4.78 is 5.66. The fourth-order valence-electron chi connectivity index (χ4n) is 2.53. The third-order valence-electron chi connectivity index (χ3n) is 4.00. The summed E-state index contributed by atoms with van der Waals surface area (Å²) in [6, 6.07) is 0.642. The molecule has 10 nitrogen and oxygen atoms in total. The summed E-state index contributed by atoms with van der Waals surface area (Å²) in [6.07, 6.45) is 2.64. The zero-order valence-electron chi connectivity index (χ0n) is 17.6. The summed E-state index contributed by atoms with van der Waals surface area (Å²) in [7, 11) is 1.87. The Balaban J connectivity index is 0.000000776. The normalized spacial score (nSPS) is 14.3. The molecule has 0 aliphatic carbocycles. The Morgan fingerprint density at radius 2 is 1.75 bits per heavy atom. The number of anilines is 1. The van der Waals surface area contributed by atoms with E-state index in [2.05, 4.69) is 39.2 Å². The van der Waals surface area contributed by atoms with Crippen LogP contribution in [0.5, 0.6) is 0 Å². The highest BCUT2D eigenvalue weighted by molar-refractivity contribution is 5.63. The van der Waals surface area contributed by atoms with Crippen molar-refractivity contribution in [1.82, 2.24) is 20.4 Å². The lowest BCUT2D eigenvalue weighted by Crippen LogP contribution is -2.39. The number of aromatic nitrogens is 2. The van der Waals surface area contributed by atoms with Crippen molar-refractivity contribution < 1.29 is 24.2 Å². The van der Waals surface area contributed by atoms with E-state index in [0.29, 0.717) is 18.5 Å². The third-order valence-corrected chi connectivity index (χ3v) is 4.00. The minimum atomic E-state index is -0.833. The standard InChI is InChI=1S/C14H27N5O.2C2H4O2/c1-4-19(14-17-16-13(20-14)11-15-3)10-9-18-7-5-12(2)6-8-18;2*1-2(3)4/h12,15H,4-11H2,1-3H3;2*1H3,(H,3,4). The topological polar surface area (TPSA) is 132 Å². The van der Waals surface area contributed by atoms with Gasteiger partial charge in [0, 0.05) is 33.5 Å². The van der Waals surface area contributed by atoms with Crippen LogP contribution in [-0.2, 0) is 16.1 Å². The molecule has 1 fully saturated rings. The molecule has 1 aliphatic rings. The molecule has 0 bridgehead atoms. The Bertz CT molecular complexity index is 538. The summed E-state index contributed by atoms with van der Waals surface area (Å²) in [6.45, 7) is 12.6. The number of likely N-dealkylation sites (tertiary alicyclic amines) is 1. The predicted molar refractivity (Wildman–Crippen MR) is 106 cm³/mol. The first-order valence-corrected chi connectivity index (χ1v) is 9.52. The second kappa shape index (κ2) is 14.8. The van der Waals surface area contributed by atoms with Crippen LogP contribution in [0, 0.1) is 5.92 Å². The van der Waals surface area contributed by atoms with Crippen LogP contribution in [0.15, 0.2) is 4.42 Å². The number of likely N-dealkylation sites (N-methyl/N-ethyl adjacent to an activating group) is 1. The van der Waals surface area contributed by atoms with E-state index in [1.54, 1.807) is 0 Å². The lowest BCUT2D eigenvalue weighted by Gasteiger charge is -2.31. The molecule has 2 heterocycles. The molecule has 0 amide bonds. The van der Waals surface area contributed by atoms with Crippen LogP contribution in [0.2, 0.25) is 0 Å². The molecule has 1 aliphatic heterocycles. The summed E-state index contributed by atoms with van der Waals surface area (Å²) >= 11 is 0. The fourth-order valence-corrected chi connectivity index (χ4v) is 2.53. The molecule has 0 atom stereocenters. The van der Waals surface area contributed by atoms with E-state index >= 15 is 0 Å². The lowest BCUT2D eigenvalue weighted by molar-refractivity contribution is -0.135. The Morgan fingerprint density at radius 1 is 1.21 bits per heavy atom.